The van der Waals surface area contributed by atoms with Crippen LogP contribution in [0.5, 0.6) is 0 Å². The fraction of sp³-hybridized carbons (Fsp3) is 0.323. The third kappa shape index (κ3) is 9.81. The highest BCUT2D eigenvalue weighted by atomic mass is 35.5. The summed E-state index contributed by atoms with van der Waals surface area (Å²) >= 11 is 5.91. The van der Waals surface area contributed by atoms with Crippen molar-refractivity contribution < 1.29 is 18.9 Å². The van der Waals surface area contributed by atoms with Crippen molar-refractivity contribution in [2.75, 3.05) is 19.0 Å². The highest BCUT2D eigenvalue weighted by Crippen LogP contribution is 2.25. The summed E-state index contributed by atoms with van der Waals surface area (Å²) < 4.78 is -0.144. The van der Waals surface area contributed by atoms with Gasteiger partial charge in [-0.2, -0.15) is 0 Å². The Morgan fingerprint density at radius 2 is 1.37 bits per heavy atom. The van der Waals surface area contributed by atoms with Crippen LogP contribution < -0.4 is 10.6 Å². The number of alkyl halides is 1. The number of hydrogen-bond donors (Lipinski definition) is 2. The average molecular weight is 579 g/mol. The molecule has 0 fully saturated rings. The first-order valence-corrected chi connectivity index (χ1v) is 14.1. The molecule has 41 heavy (non-hydrogen) atoms. The van der Waals surface area contributed by atoms with E-state index in [9.17, 15) is 19.3 Å². The lowest BCUT2D eigenvalue weighted by Gasteiger charge is -2.37. The molecule has 0 aliphatic carbocycles. The third-order valence-electron chi connectivity index (χ3n) is 6.76. The third-order valence-corrected chi connectivity index (χ3v) is 6.93. The maximum atomic E-state index is 14.0. The van der Waals surface area contributed by atoms with Gasteiger partial charge in [0.05, 0.1) is 18.4 Å². The number of rotatable bonds is 15. The first-order valence-electron chi connectivity index (χ1n) is 13.6. The Bertz CT molecular complexity index is 1220. The summed E-state index contributed by atoms with van der Waals surface area (Å²) in [6.07, 6.45) is 0.698. The van der Waals surface area contributed by atoms with Crippen molar-refractivity contribution in [3.8, 4) is 0 Å². The van der Waals surface area contributed by atoms with Crippen molar-refractivity contribution in [2.24, 2.45) is 5.29 Å². The average Bonchev–Trinajstić information content (AvgIpc) is 2.99. The monoisotopic (exact) mass is 578 g/mol. The van der Waals surface area contributed by atoms with Crippen LogP contribution in [0, 0.1) is 4.91 Å². The molecule has 3 aromatic carbocycles. The zero-order chi connectivity index (χ0) is 29.5. The second-order valence-corrected chi connectivity index (χ2v) is 10.3. The van der Waals surface area contributed by atoms with Gasteiger partial charge in [-0.3, -0.25) is 9.59 Å². The lowest BCUT2D eigenvalue weighted by Crippen LogP contribution is -2.57. The van der Waals surface area contributed by atoms with Gasteiger partial charge < -0.3 is 10.6 Å². The molecule has 0 spiro atoms. The predicted octanol–water partition coefficient (Wildman–Crippen LogP) is 5.15. The van der Waals surface area contributed by atoms with E-state index in [4.69, 9.17) is 11.6 Å². The molecule has 0 unspecified atom stereocenters. The van der Waals surface area contributed by atoms with E-state index in [-0.39, 0.29) is 28.7 Å². The highest BCUT2D eigenvalue weighted by Gasteiger charge is 2.42. The number of urea groups is 1. The van der Waals surface area contributed by atoms with Crippen LogP contribution >= 0.6 is 11.6 Å². The first-order chi connectivity index (χ1) is 19.9. The van der Waals surface area contributed by atoms with Crippen molar-refractivity contribution in [1.29, 1.82) is 0 Å². The van der Waals surface area contributed by atoms with Crippen molar-refractivity contribution in [3.05, 3.63) is 113 Å². The van der Waals surface area contributed by atoms with Crippen molar-refractivity contribution in [2.45, 2.75) is 45.4 Å². The smallest absolute Gasteiger partial charge is 0.350 e. The molecule has 3 rings (SSSR count). The SMILES string of the molecule is CC(=O)N[C@@H](CCC[N+](Cc1ccccc1)(Cc1ccccc1)C(=O)N(CCCl)N=O)C(=O)NCc1ccccc1. The number of quaternary nitrogens is 1. The molecular weight excluding hydrogens is 542 g/mol. The molecule has 0 aliphatic rings. The van der Waals surface area contributed by atoms with Crippen LogP contribution in [0.3, 0.4) is 0 Å². The summed E-state index contributed by atoms with van der Waals surface area (Å²) in [6, 6.07) is 27.4. The van der Waals surface area contributed by atoms with Gasteiger partial charge in [0.25, 0.3) is 0 Å². The molecule has 0 radical (unpaired) electrons. The molecule has 216 valence electrons. The number of hydrogen-bond acceptors (Lipinski definition) is 5. The molecule has 0 aromatic heterocycles. The Kier molecular flexibility index (Phi) is 12.5. The molecule has 10 heteroatoms. The minimum absolute atomic E-state index is 0.0239. The van der Waals surface area contributed by atoms with Crippen LogP contribution in [0.2, 0.25) is 0 Å². The summed E-state index contributed by atoms with van der Waals surface area (Å²) in [5.74, 6) is -0.577. The van der Waals surface area contributed by atoms with Gasteiger partial charge >= 0.3 is 6.03 Å². The Labute approximate surface area is 246 Å². The predicted molar refractivity (Wildman–Crippen MR) is 159 cm³/mol. The van der Waals surface area contributed by atoms with Gasteiger partial charge in [0, 0.05) is 30.5 Å². The van der Waals surface area contributed by atoms with E-state index in [0.717, 1.165) is 21.7 Å². The van der Waals surface area contributed by atoms with Crippen molar-refractivity contribution in [3.63, 3.8) is 0 Å². The highest BCUT2D eigenvalue weighted by molar-refractivity contribution is 6.18. The molecular formula is C31H37ClN5O4+. The molecule has 2 N–H and O–H groups in total. The molecule has 3 aromatic rings. The van der Waals surface area contributed by atoms with E-state index in [2.05, 4.69) is 15.9 Å². The van der Waals surface area contributed by atoms with E-state index >= 15 is 0 Å². The second-order valence-electron chi connectivity index (χ2n) is 9.93. The zero-order valence-electron chi connectivity index (χ0n) is 23.2. The first kappa shape index (κ1) is 31.4. The lowest BCUT2D eigenvalue weighted by atomic mass is 10.1. The number of carbonyl (C=O) groups is 3. The fourth-order valence-electron chi connectivity index (χ4n) is 4.83. The Balaban J connectivity index is 1.87. The maximum Gasteiger partial charge on any atom is 0.442 e. The number of nitrogens with zero attached hydrogens (tertiary/aromatic N) is 3. The molecule has 1 atom stereocenters. The maximum absolute atomic E-state index is 14.0. The zero-order valence-corrected chi connectivity index (χ0v) is 24.0. The van der Waals surface area contributed by atoms with Crippen molar-refractivity contribution in [1.82, 2.24) is 15.6 Å². The summed E-state index contributed by atoms with van der Waals surface area (Å²) in [7, 11) is 0. The Morgan fingerprint density at radius 1 is 0.854 bits per heavy atom. The molecule has 0 heterocycles. The quantitative estimate of drug-likeness (QED) is 0.113. The van der Waals surface area contributed by atoms with Gasteiger partial charge in [-0.1, -0.05) is 91.0 Å². The summed E-state index contributed by atoms with van der Waals surface area (Å²) in [5.41, 5.74) is 2.76. The van der Waals surface area contributed by atoms with Gasteiger partial charge in [-0.25, -0.2) is 9.28 Å². The Morgan fingerprint density at radius 3 is 1.83 bits per heavy atom. The number of carbonyl (C=O) groups excluding carboxylic acids is 3. The van der Waals surface area contributed by atoms with E-state index in [1.54, 1.807) is 0 Å². The van der Waals surface area contributed by atoms with E-state index in [1.165, 1.54) is 6.92 Å². The number of amides is 4. The van der Waals surface area contributed by atoms with Gasteiger partial charge in [0.1, 0.15) is 19.1 Å². The Hall–Kier alpha value is -4.08. The van der Waals surface area contributed by atoms with Gasteiger partial charge in [0.2, 0.25) is 11.8 Å². The summed E-state index contributed by atoms with van der Waals surface area (Å²) in [5, 5.41) is 9.53. The second kappa shape index (κ2) is 16.2. The van der Waals surface area contributed by atoms with E-state index in [1.807, 2.05) is 91.0 Å². The molecule has 0 bridgehead atoms. The van der Waals surface area contributed by atoms with Gasteiger partial charge in [0.15, 0.2) is 0 Å². The molecule has 4 amide bonds. The summed E-state index contributed by atoms with van der Waals surface area (Å²) in [6.45, 7) is 2.56. The number of nitrogens with one attached hydrogen (secondary N) is 2. The van der Waals surface area contributed by atoms with Crippen LogP contribution in [-0.2, 0) is 29.2 Å². The molecule has 0 aliphatic heterocycles. The van der Waals surface area contributed by atoms with Crippen LogP contribution in [0.25, 0.3) is 0 Å². The molecule has 0 saturated carbocycles. The normalized spacial score (nSPS) is 11.8. The van der Waals surface area contributed by atoms with Crippen LogP contribution in [0.15, 0.2) is 96.3 Å². The van der Waals surface area contributed by atoms with Crippen molar-refractivity contribution >= 4 is 29.4 Å². The van der Waals surface area contributed by atoms with E-state index < -0.39 is 12.1 Å². The lowest BCUT2D eigenvalue weighted by molar-refractivity contribution is -0.881. The minimum atomic E-state index is -0.787. The number of halogens is 1. The number of nitroso groups, excluding NO2 is 1. The fourth-order valence-corrected chi connectivity index (χ4v) is 4.99. The van der Waals surface area contributed by atoms with Gasteiger partial charge in [-0.05, 0) is 18.4 Å². The largest absolute Gasteiger partial charge is 0.442 e. The minimum Gasteiger partial charge on any atom is -0.350 e. The molecule has 0 saturated heterocycles. The van der Waals surface area contributed by atoms with Crippen LogP contribution in [-0.4, -0.2) is 52.3 Å². The van der Waals surface area contributed by atoms with Crippen LogP contribution in [0.1, 0.15) is 36.5 Å². The summed E-state index contributed by atoms with van der Waals surface area (Å²) in [4.78, 5) is 50.8. The van der Waals surface area contributed by atoms with Gasteiger partial charge in [-0.15, -0.1) is 21.5 Å². The standard InChI is InChI=1S/C31H36ClN5O4/c1-25(38)34-29(30(39)33-22-26-12-5-2-6-13-26)18-11-21-37(23-27-14-7-3-8-15-27,24-28-16-9-4-10-17-28)31(40)36(35-41)20-19-32/h2-10,12-17,29H,11,18-24H2,1H3,(H-,33,34,38,39)/p+1/t29-/m0/s1. The van der Waals surface area contributed by atoms with E-state index in [0.29, 0.717) is 39.0 Å². The molecule has 9 nitrogen and oxygen atoms in total. The number of benzene rings is 3. The van der Waals surface area contributed by atoms with Crippen LogP contribution in [0.4, 0.5) is 4.79 Å². The topological polar surface area (TPSA) is 108 Å².